The van der Waals surface area contributed by atoms with E-state index in [-0.39, 0.29) is 13.1 Å². The molecule has 0 atom stereocenters. The van der Waals surface area contributed by atoms with Crippen molar-refractivity contribution in [1.29, 1.82) is 0 Å². The van der Waals surface area contributed by atoms with Crippen LogP contribution in [0.3, 0.4) is 0 Å². The number of nitrogens with zero attached hydrogens (tertiary/aromatic N) is 1. The highest BCUT2D eigenvalue weighted by molar-refractivity contribution is 5.75. The molecule has 15 heavy (non-hydrogen) atoms. The monoisotopic (exact) mass is 221 g/mol. The van der Waals surface area contributed by atoms with Crippen molar-refractivity contribution in [2.45, 2.75) is 13.1 Å². The van der Waals surface area contributed by atoms with E-state index >= 15 is 0 Å². The van der Waals surface area contributed by atoms with E-state index in [9.17, 15) is 18.0 Å². The molecule has 0 saturated heterocycles. The van der Waals surface area contributed by atoms with Gasteiger partial charge in [-0.1, -0.05) is 18.2 Å². The number of alkyl halides is 3. The van der Waals surface area contributed by atoms with Gasteiger partial charge in [-0.25, -0.2) is 4.79 Å². The first kappa shape index (κ1) is 11.8. The maximum atomic E-state index is 11.8. The van der Waals surface area contributed by atoms with Gasteiger partial charge in [0.25, 0.3) is 0 Å². The molecule has 0 aromatic heterocycles. The number of halogens is 3. The predicted molar refractivity (Wildman–Crippen MR) is 46.6 cm³/mol. The van der Waals surface area contributed by atoms with Crippen molar-refractivity contribution in [2.24, 2.45) is 0 Å². The highest BCUT2D eigenvalue weighted by atomic mass is 19.4. The van der Waals surface area contributed by atoms with Crippen LogP contribution in [0.15, 0.2) is 23.8 Å². The molecule has 0 saturated carbocycles. The largest absolute Gasteiger partial charge is 0.492 e. The Bertz CT molecular complexity index is 320. The summed E-state index contributed by atoms with van der Waals surface area (Å²) in [6.45, 7) is 5.69. The summed E-state index contributed by atoms with van der Waals surface area (Å²) in [5, 5.41) is 0.944. The van der Waals surface area contributed by atoms with Crippen molar-refractivity contribution in [3.8, 4) is 0 Å². The van der Waals surface area contributed by atoms with Gasteiger partial charge >= 0.3 is 12.1 Å². The van der Waals surface area contributed by atoms with Gasteiger partial charge in [-0.05, 0) is 12.5 Å². The maximum absolute atomic E-state index is 11.8. The Kier molecular flexibility index (Phi) is 3.18. The van der Waals surface area contributed by atoms with Gasteiger partial charge < -0.3 is 4.84 Å². The zero-order valence-corrected chi connectivity index (χ0v) is 8.10. The third-order valence-electron chi connectivity index (χ3n) is 1.88. The Hall–Kier alpha value is -1.30. The third kappa shape index (κ3) is 3.09. The van der Waals surface area contributed by atoms with Crippen LogP contribution in [0.2, 0.25) is 0 Å². The van der Waals surface area contributed by atoms with E-state index in [0.717, 1.165) is 16.2 Å². The summed E-state index contributed by atoms with van der Waals surface area (Å²) in [7, 11) is 0. The Morgan fingerprint density at radius 1 is 1.60 bits per heavy atom. The number of hydrogen-bond acceptors (Lipinski definition) is 3. The van der Waals surface area contributed by atoms with E-state index in [1.807, 2.05) is 0 Å². The zero-order chi connectivity index (χ0) is 11.6. The molecule has 0 spiro atoms. The Balaban J connectivity index is 2.46. The normalized spacial score (nSPS) is 17.5. The minimum absolute atomic E-state index is 0.150. The first-order valence-electron chi connectivity index (χ1n) is 4.19. The first-order valence-corrected chi connectivity index (χ1v) is 4.19. The van der Waals surface area contributed by atoms with Crippen LogP contribution in [-0.2, 0) is 9.63 Å². The van der Waals surface area contributed by atoms with Crippen LogP contribution in [-0.4, -0.2) is 30.3 Å². The molecule has 0 bridgehead atoms. The van der Waals surface area contributed by atoms with Crippen molar-refractivity contribution >= 4 is 5.97 Å². The minimum Gasteiger partial charge on any atom is -0.360 e. The summed E-state index contributed by atoms with van der Waals surface area (Å²) in [6, 6.07) is 0. The van der Waals surface area contributed by atoms with Gasteiger partial charge in [-0.3, -0.25) is 0 Å². The maximum Gasteiger partial charge on any atom is 0.492 e. The fourth-order valence-corrected chi connectivity index (χ4v) is 1.08. The lowest BCUT2D eigenvalue weighted by molar-refractivity contribution is -0.234. The van der Waals surface area contributed by atoms with Gasteiger partial charge in [0.2, 0.25) is 0 Å². The topological polar surface area (TPSA) is 29.5 Å². The third-order valence-corrected chi connectivity index (χ3v) is 1.88. The second-order valence-electron chi connectivity index (χ2n) is 3.21. The molecule has 0 unspecified atom stereocenters. The smallest absolute Gasteiger partial charge is 0.360 e. The Morgan fingerprint density at radius 3 is 2.60 bits per heavy atom. The van der Waals surface area contributed by atoms with Crippen molar-refractivity contribution in [1.82, 2.24) is 5.06 Å². The Labute approximate surface area is 84.8 Å². The second-order valence-corrected chi connectivity index (χ2v) is 3.21. The van der Waals surface area contributed by atoms with Gasteiger partial charge in [0.05, 0.1) is 13.1 Å². The molecular formula is C9H10F3NO2. The van der Waals surface area contributed by atoms with Gasteiger partial charge in [-0.2, -0.15) is 13.2 Å². The van der Waals surface area contributed by atoms with Gasteiger partial charge in [0.1, 0.15) is 0 Å². The van der Waals surface area contributed by atoms with Gasteiger partial charge in [0, 0.05) is 0 Å². The molecule has 0 amide bonds. The van der Waals surface area contributed by atoms with Gasteiger partial charge in [-0.15, -0.1) is 5.06 Å². The molecule has 1 heterocycles. The molecule has 6 heteroatoms. The standard InChI is InChI=1S/C9H10F3NO2/c1-6(2)7-3-4-13(5-7)15-8(14)9(10,11)12/h3H,1,4-5H2,2H3. The van der Waals surface area contributed by atoms with E-state index in [1.165, 1.54) is 0 Å². The van der Waals surface area contributed by atoms with Crippen molar-refractivity contribution in [3.05, 3.63) is 23.8 Å². The summed E-state index contributed by atoms with van der Waals surface area (Å²) in [6.07, 6.45) is -3.28. The van der Waals surface area contributed by atoms with Crippen LogP contribution in [0.25, 0.3) is 0 Å². The summed E-state index contributed by atoms with van der Waals surface area (Å²) < 4.78 is 35.5. The van der Waals surface area contributed by atoms with E-state index in [4.69, 9.17) is 0 Å². The molecule has 0 aliphatic carbocycles. The van der Waals surface area contributed by atoms with E-state index in [1.54, 1.807) is 13.0 Å². The highest BCUT2D eigenvalue weighted by Gasteiger charge is 2.42. The van der Waals surface area contributed by atoms with Crippen LogP contribution in [0.4, 0.5) is 13.2 Å². The summed E-state index contributed by atoms with van der Waals surface area (Å²) in [4.78, 5) is 14.6. The van der Waals surface area contributed by atoms with Crippen LogP contribution >= 0.6 is 0 Å². The molecule has 3 nitrogen and oxygen atoms in total. The number of carbonyl (C=O) groups is 1. The molecule has 1 aliphatic heterocycles. The summed E-state index contributed by atoms with van der Waals surface area (Å²) >= 11 is 0. The van der Waals surface area contributed by atoms with Crippen molar-refractivity contribution in [2.75, 3.05) is 13.1 Å². The lowest BCUT2D eigenvalue weighted by Gasteiger charge is -2.16. The predicted octanol–water partition coefficient (Wildman–Crippen LogP) is 1.82. The molecule has 0 fully saturated rings. The molecule has 1 aliphatic rings. The number of carbonyl (C=O) groups excluding carboxylic acids is 1. The van der Waals surface area contributed by atoms with Crippen LogP contribution in [0, 0.1) is 0 Å². The molecule has 1 rings (SSSR count). The number of hydrogen-bond donors (Lipinski definition) is 0. The molecule has 84 valence electrons. The average Bonchev–Trinajstić information content (AvgIpc) is 2.50. The first-order chi connectivity index (χ1) is 6.80. The van der Waals surface area contributed by atoms with Crippen molar-refractivity contribution in [3.63, 3.8) is 0 Å². The fraction of sp³-hybridized carbons (Fsp3) is 0.444. The molecular weight excluding hydrogens is 211 g/mol. The molecule has 0 aromatic rings. The van der Waals surface area contributed by atoms with Crippen molar-refractivity contribution < 1.29 is 22.8 Å². The Morgan fingerprint density at radius 2 is 2.20 bits per heavy atom. The minimum atomic E-state index is -4.95. The van der Waals surface area contributed by atoms with Gasteiger partial charge in [0.15, 0.2) is 0 Å². The molecule has 0 N–H and O–H groups in total. The van der Waals surface area contributed by atoms with E-state index in [0.29, 0.717) is 0 Å². The highest BCUT2D eigenvalue weighted by Crippen LogP contribution is 2.20. The fourth-order valence-electron chi connectivity index (χ4n) is 1.08. The van der Waals surface area contributed by atoms with Crippen LogP contribution in [0.5, 0.6) is 0 Å². The molecule has 0 radical (unpaired) electrons. The lowest BCUT2D eigenvalue weighted by Crippen LogP contribution is -2.33. The number of hydroxylamine groups is 2. The van der Waals surface area contributed by atoms with Crippen LogP contribution in [0.1, 0.15) is 6.92 Å². The summed E-state index contributed by atoms with van der Waals surface area (Å²) in [5.41, 5.74) is 1.53. The zero-order valence-electron chi connectivity index (χ0n) is 8.10. The second kappa shape index (κ2) is 4.06. The van der Waals surface area contributed by atoms with E-state index < -0.39 is 12.1 Å². The van der Waals surface area contributed by atoms with E-state index in [2.05, 4.69) is 11.4 Å². The summed E-state index contributed by atoms with van der Waals surface area (Å²) in [5.74, 6) is -2.20. The molecule has 0 aromatic carbocycles. The average molecular weight is 221 g/mol. The quantitative estimate of drug-likeness (QED) is 0.712. The van der Waals surface area contributed by atoms with Crippen LogP contribution < -0.4 is 0 Å². The lowest BCUT2D eigenvalue weighted by atomic mass is 10.1. The number of rotatable bonds is 2. The SMILES string of the molecule is C=C(C)C1=CCN(OC(=O)C(F)(F)F)C1.